The van der Waals surface area contributed by atoms with E-state index in [-0.39, 0.29) is 12.5 Å². The number of nitrogens with one attached hydrogen (secondary N) is 1. The van der Waals surface area contributed by atoms with Crippen molar-refractivity contribution in [1.29, 1.82) is 0 Å². The molecule has 1 aliphatic rings. The van der Waals surface area contributed by atoms with Crippen LogP contribution in [0.15, 0.2) is 24.4 Å². The largest absolute Gasteiger partial charge is 0.396 e. The molecule has 2 N–H and O–H groups in total. The van der Waals surface area contributed by atoms with E-state index >= 15 is 0 Å². The van der Waals surface area contributed by atoms with Gasteiger partial charge in [0.05, 0.1) is 0 Å². The molecule has 98 valence electrons. The average Bonchev–Trinajstić information content (AvgIpc) is 2.46. The van der Waals surface area contributed by atoms with Gasteiger partial charge in [0.2, 0.25) is 0 Å². The van der Waals surface area contributed by atoms with Crippen LogP contribution in [-0.2, 0) is 0 Å². The van der Waals surface area contributed by atoms with Crippen molar-refractivity contribution in [2.45, 2.75) is 25.7 Å². The Balaban J connectivity index is 1.85. The molecule has 4 nitrogen and oxygen atoms in total. The lowest BCUT2D eigenvalue weighted by molar-refractivity contribution is 0.0904. The summed E-state index contributed by atoms with van der Waals surface area (Å²) in [4.78, 5) is 15.9. The van der Waals surface area contributed by atoms with Crippen molar-refractivity contribution >= 4 is 5.91 Å². The van der Waals surface area contributed by atoms with Crippen LogP contribution in [-0.4, -0.2) is 29.1 Å². The van der Waals surface area contributed by atoms with Crippen molar-refractivity contribution in [3.63, 3.8) is 0 Å². The van der Waals surface area contributed by atoms with Crippen LogP contribution >= 0.6 is 0 Å². The Morgan fingerprint density at radius 1 is 1.33 bits per heavy atom. The number of carbonyl (C=O) groups excluding carboxylic acids is 1. The van der Waals surface area contributed by atoms with Crippen LogP contribution in [0.1, 0.15) is 36.2 Å². The van der Waals surface area contributed by atoms with Crippen LogP contribution in [0.5, 0.6) is 0 Å². The van der Waals surface area contributed by atoms with E-state index in [0.717, 1.165) is 12.8 Å². The van der Waals surface area contributed by atoms with Gasteiger partial charge in [0.25, 0.3) is 5.91 Å². The highest BCUT2D eigenvalue weighted by molar-refractivity contribution is 5.92. The zero-order valence-electron chi connectivity index (χ0n) is 10.5. The number of rotatable bonds is 4. The van der Waals surface area contributed by atoms with Gasteiger partial charge in [-0.1, -0.05) is 18.9 Å². The summed E-state index contributed by atoms with van der Waals surface area (Å²) in [5.74, 6) is 0.608. The zero-order valence-corrected chi connectivity index (χ0v) is 10.5. The Kier molecular flexibility index (Phi) is 4.70. The summed E-state index contributed by atoms with van der Waals surface area (Å²) >= 11 is 0. The number of aliphatic hydroxyl groups excluding tert-OH is 1. The molecule has 1 saturated carbocycles. The van der Waals surface area contributed by atoms with E-state index in [1.807, 2.05) is 0 Å². The minimum absolute atomic E-state index is 0.127. The van der Waals surface area contributed by atoms with E-state index in [9.17, 15) is 9.90 Å². The Hall–Kier alpha value is -1.42. The molecule has 1 aliphatic carbocycles. The average molecular weight is 248 g/mol. The monoisotopic (exact) mass is 248 g/mol. The molecular weight excluding hydrogens is 228 g/mol. The smallest absolute Gasteiger partial charge is 0.269 e. The van der Waals surface area contributed by atoms with Crippen LogP contribution in [0, 0.1) is 11.8 Å². The molecular formula is C14H20N2O2. The second kappa shape index (κ2) is 6.50. The highest BCUT2D eigenvalue weighted by Gasteiger charge is 2.24. The lowest BCUT2D eigenvalue weighted by atomic mass is 9.79. The third-order valence-corrected chi connectivity index (χ3v) is 3.72. The number of amides is 1. The molecule has 0 aromatic carbocycles. The van der Waals surface area contributed by atoms with Crippen molar-refractivity contribution in [3.8, 4) is 0 Å². The predicted octanol–water partition coefficient (Wildman–Crippen LogP) is 1.61. The fraction of sp³-hybridized carbons (Fsp3) is 0.571. The zero-order chi connectivity index (χ0) is 12.8. The number of carbonyl (C=O) groups is 1. The minimum atomic E-state index is -0.127. The molecule has 0 spiro atoms. The standard InChI is InChI=1S/C14H20N2O2/c17-10-12-6-2-1-5-11(12)9-16-14(18)13-7-3-4-8-15-13/h3-4,7-8,11-12,17H,1-2,5-6,9-10H2,(H,16,18). The van der Waals surface area contributed by atoms with Gasteiger partial charge in [-0.3, -0.25) is 9.78 Å². The maximum Gasteiger partial charge on any atom is 0.269 e. The summed E-state index contributed by atoms with van der Waals surface area (Å²) in [5.41, 5.74) is 0.453. The van der Waals surface area contributed by atoms with E-state index in [1.54, 1.807) is 24.4 Å². The summed E-state index contributed by atoms with van der Waals surface area (Å²) in [5, 5.41) is 12.2. The molecule has 2 unspecified atom stereocenters. The van der Waals surface area contributed by atoms with Gasteiger partial charge in [0.15, 0.2) is 0 Å². The molecule has 0 aliphatic heterocycles. The Morgan fingerprint density at radius 3 is 2.78 bits per heavy atom. The van der Waals surface area contributed by atoms with Crippen molar-refractivity contribution in [3.05, 3.63) is 30.1 Å². The highest BCUT2D eigenvalue weighted by atomic mass is 16.3. The summed E-state index contributed by atoms with van der Waals surface area (Å²) < 4.78 is 0. The number of nitrogens with zero attached hydrogens (tertiary/aromatic N) is 1. The molecule has 0 radical (unpaired) electrons. The van der Waals surface area contributed by atoms with E-state index in [0.29, 0.717) is 24.1 Å². The fourth-order valence-electron chi connectivity index (χ4n) is 2.60. The predicted molar refractivity (Wildman–Crippen MR) is 69.1 cm³/mol. The molecule has 0 bridgehead atoms. The van der Waals surface area contributed by atoms with Gasteiger partial charge in [-0.15, -0.1) is 0 Å². The van der Waals surface area contributed by atoms with Crippen LogP contribution in [0.25, 0.3) is 0 Å². The van der Waals surface area contributed by atoms with Crippen LogP contribution in [0.3, 0.4) is 0 Å². The van der Waals surface area contributed by atoms with Crippen molar-refractivity contribution in [2.24, 2.45) is 11.8 Å². The van der Waals surface area contributed by atoms with Crippen LogP contribution in [0.4, 0.5) is 0 Å². The van der Waals surface area contributed by atoms with Gasteiger partial charge in [-0.2, -0.15) is 0 Å². The van der Waals surface area contributed by atoms with Gasteiger partial charge >= 0.3 is 0 Å². The first-order valence-corrected chi connectivity index (χ1v) is 6.61. The molecule has 1 amide bonds. The maximum absolute atomic E-state index is 11.8. The van der Waals surface area contributed by atoms with Crippen LogP contribution in [0.2, 0.25) is 0 Å². The second-order valence-electron chi connectivity index (χ2n) is 4.91. The number of pyridine rings is 1. The number of aliphatic hydroxyl groups is 1. The topological polar surface area (TPSA) is 62.2 Å². The second-order valence-corrected chi connectivity index (χ2v) is 4.91. The summed E-state index contributed by atoms with van der Waals surface area (Å²) in [6.07, 6.45) is 6.16. The Morgan fingerprint density at radius 2 is 2.11 bits per heavy atom. The third-order valence-electron chi connectivity index (χ3n) is 3.72. The molecule has 1 aromatic heterocycles. The molecule has 2 rings (SSSR count). The molecule has 2 atom stereocenters. The molecule has 1 aromatic rings. The van der Waals surface area contributed by atoms with E-state index in [2.05, 4.69) is 10.3 Å². The molecule has 0 saturated heterocycles. The van der Waals surface area contributed by atoms with E-state index in [1.165, 1.54) is 12.8 Å². The normalized spacial score (nSPS) is 23.6. The SMILES string of the molecule is O=C(NCC1CCCCC1CO)c1ccccn1. The van der Waals surface area contributed by atoms with Gasteiger partial charge in [0.1, 0.15) is 5.69 Å². The van der Waals surface area contributed by atoms with Gasteiger partial charge in [0, 0.05) is 19.3 Å². The summed E-state index contributed by atoms with van der Waals surface area (Å²) in [6.45, 7) is 0.866. The van der Waals surface area contributed by atoms with Crippen molar-refractivity contribution in [2.75, 3.05) is 13.2 Å². The molecule has 1 fully saturated rings. The minimum Gasteiger partial charge on any atom is -0.396 e. The van der Waals surface area contributed by atoms with Gasteiger partial charge in [-0.25, -0.2) is 0 Å². The Bertz CT molecular complexity index is 381. The fourth-order valence-corrected chi connectivity index (χ4v) is 2.60. The number of hydrogen-bond acceptors (Lipinski definition) is 3. The Labute approximate surface area is 107 Å². The summed E-state index contributed by atoms with van der Waals surface area (Å²) in [7, 11) is 0. The number of aromatic nitrogens is 1. The quantitative estimate of drug-likeness (QED) is 0.851. The van der Waals surface area contributed by atoms with Gasteiger partial charge < -0.3 is 10.4 Å². The van der Waals surface area contributed by atoms with Crippen molar-refractivity contribution in [1.82, 2.24) is 10.3 Å². The lowest BCUT2D eigenvalue weighted by Gasteiger charge is -2.30. The van der Waals surface area contributed by atoms with E-state index in [4.69, 9.17) is 0 Å². The first-order valence-electron chi connectivity index (χ1n) is 6.61. The first kappa shape index (κ1) is 13.0. The van der Waals surface area contributed by atoms with E-state index < -0.39 is 0 Å². The lowest BCUT2D eigenvalue weighted by Crippen LogP contribution is -2.35. The molecule has 1 heterocycles. The highest BCUT2D eigenvalue weighted by Crippen LogP contribution is 2.29. The first-order chi connectivity index (χ1) is 8.81. The molecule has 4 heteroatoms. The molecule has 18 heavy (non-hydrogen) atoms. The number of hydrogen-bond donors (Lipinski definition) is 2. The third kappa shape index (κ3) is 3.29. The van der Waals surface area contributed by atoms with Gasteiger partial charge in [-0.05, 0) is 36.8 Å². The van der Waals surface area contributed by atoms with Crippen molar-refractivity contribution < 1.29 is 9.90 Å². The maximum atomic E-state index is 11.8. The van der Waals surface area contributed by atoms with Crippen LogP contribution < -0.4 is 5.32 Å². The summed E-state index contributed by atoms with van der Waals surface area (Å²) in [6, 6.07) is 5.30.